The molecule has 8 heteroatoms. The average Bonchev–Trinajstić information content (AvgIpc) is 2.88. The topological polar surface area (TPSA) is 73.0 Å². The Labute approximate surface area is 216 Å². The van der Waals surface area contributed by atoms with E-state index in [1.807, 2.05) is 41.3 Å². The molecule has 1 fully saturated rings. The van der Waals surface area contributed by atoms with Gasteiger partial charge < -0.3 is 20.0 Å². The second-order valence-electron chi connectivity index (χ2n) is 8.85. The van der Waals surface area contributed by atoms with Crippen LogP contribution in [-0.2, 0) is 11.3 Å². The molecule has 0 saturated carbocycles. The Bertz CT molecular complexity index is 1240. The number of carbonyl (C=O) groups excluding carboxylic acids is 3. The maximum Gasteiger partial charge on any atom is 0.256 e. The summed E-state index contributed by atoms with van der Waals surface area (Å²) in [6.45, 7) is 4.13. The highest BCUT2D eigenvalue weighted by Crippen LogP contribution is 2.28. The van der Waals surface area contributed by atoms with E-state index in [1.165, 1.54) is 6.92 Å². The smallest absolute Gasteiger partial charge is 0.256 e. The fourth-order valence-corrected chi connectivity index (χ4v) is 4.45. The van der Waals surface area contributed by atoms with Crippen LogP contribution in [0.4, 0.5) is 11.4 Å². The molecular formula is C28H29ClN4O3. The molecule has 3 amide bonds. The van der Waals surface area contributed by atoms with E-state index in [0.717, 1.165) is 11.3 Å². The van der Waals surface area contributed by atoms with Gasteiger partial charge in [-0.25, -0.2) is 0 Å². The molecule has 1 saturated heterocycles. The lowest BCUT2D eigenvalue weighted by Crippen LogP contribution is -2.49. The van der Waals surface area contributed by atoms with Crippen LogP contribution in [0.25, 0.3) is 0 Å². The second-order valence-corrected chi connectivity index (χ2v) is 9.28. The van der Waals surface area contributed by atoms with Crippen molar-refractivity contribution >= 4 is 40.7 Å². The van der Waals surface area contributed by atoms with Crippen LogP contribution in [0.15, 0.2) is 72.8 Å². The van der Waals surface area contributed by atoms with E-state index in [0.29, 0.717) is 54.6 Å². The summed E-state index contributed by atoms with van der Waals surface area (Å²) in [6, 6.07) is 22.1. The number of benzene rings is 3. The van der Waals surface area contributed by atoms with Gasteiger partial charge >= 0.3 is 0 Å². The lowest BCUT2D eigenvalue weighted by molar-refractivity contribution is -0.114. The minimum absolute atomic E-state index is 0.0359. The first-order chi connectivity index (χ1) is 17.3. The molecular weight excluding hydrogens is 476 g/mol. The third kappa shape index (κ3) is 6.04. The lowest BCUT2D eigenvalue weighted by Gasteiger charge is -2.37. The molecule has 0 aliphatic carbocycles. The highest BCUT2D eigenvalue weighted by molar-refractivity contribution is 6.30. The van der Waals surface area contributed by atoms with Crippen molar-refractivity contribution in [3.8, 4) is 0 Å². The Hall–Kier alpha value is -3.84. The number of amides is 3. The molecule has 0 atom stereocenters. The maximum atomic E-state index is 13.5. The molecule has 1 aliphatic heterocycles. The van der Waals surface area contributed by atoms with Crippen LogP contribution in [0.5, 0.6) is 0 Å². The summed E-state index contributed by atoms with van der Waals surface area (Å²) in [5, 5.41) is 3.36. The van der Waals surface area contributed by atoms with Gasteiger partial charge in [-0.2, -0.15) is 0 Å². The molecule has 0 radical (unpaired) electrons. The molecule has 186 valence electrons. The SMILES string of the molecule is CC(=O)Nc1ccc(N2CCN(C(=O)c3ccc(Cl)cc3)CC2)c(C(=O)N(C)Cc2ccccc2)c1. The second kappa shape index (κ2) is 11.3. The molecule has 0 spiro atoms. The summed E-state index contributed by atoms with van der Waals surface area (Å²) in [5.74, 6) is -0.375. The number of hydrogen-bond acceptors (Lipinski definition) is 4. The standard InChI is InChI=1S/C28H29ClN4O3/c1-20(34)30-24-12-13-26(25(18-24)28(36)31(2)19-21-6-4-3-5-7-21)32-14-16-33(17-15-32)27(35)22-8-10-23(29)11-9-22/h3-13,18H,14-17,19H2,1-2H3,(H,30,34). The molecule has 3 aromatic rings. The van der Waals surface area contributed by atoms with Crippen LogP contribution in [0.3, 0.4) is 0 Å². The van der Waals surface area contributed by atoms with Gasteiger partial charge in [0.2, 0.25) is 5.91 Å². The normalized spacial score (nSPS) is 13.3. The van der Waals surface area contributed by atoms with Crippen LogP contribution in [0, 0.1) is 0 Å². The molecule has 0 bridgehead atoms. The summed E-state index contributed by atoms with van der Waals surface area (Å²) >= 11 is 5.95. The Morgan fingerprint density at radius 1 is 0.917 bits per heavy atom. The van der Waals surface area contributed by atoms with E-state index < -0.39 is 0 Å². The fraction of sp³-hybridized carbons (Fsp3) is 0.250. The van der Waals surface area contributed by atoms with Crippen LogP contribution in [0.2, 0.25) is 5.02 Å². The number of hydrogen-bond donors (Lipinski definition) is 1. The molecule has 0 aromatic heterocycles. The monoisotopic (exact) mass is 504 g/mol. The summed E-state index contributed by atoms with van der Waals surface area (Å²) in [5.41, 5.74) is 3.50. The van der Waals surface area contributed by atoms with Crippen molar-refractivity contribution in [3.05, 3.63) is 94.5 Å². The molecule has 0 unspecified atom stereocenters. The fourth-order valence-electron chi connectivity index (χ4n) is 4.32. The quantitative estimate of drug-likeness (QED) is 0.535. The van der Waals surface area contributed by atoms with E-state index in [-0.39, 0.29) is 17.7 Å². The first-order valence-electron chi connectivity index (χ1n) is 11.8. The van der Waals surface area contributed by atoms with Gasteiger partial charge in [0.05, 0.1) is 5.56 Å². The molecule has 36 heavy (non-hydrogen) atoms. The molecule has 3 aromatic carbocycles. The Balaban J connectivity index is 1.52. The highest BCUT2D eigenvalue weighted by atomic mass is 35.5. The lowest BCUT2D eigenvalue weighted by atomic mass is 10.1. The van der Waals surface area contributed by atoms with Gasteiger partial charge in [-0.3, -0.25) is 14.4 Å². The number of nitrogens with one attached hydrogen (secondary N) is 1. The van der Waals surface area contributed by atoms with Gasteiger partial charge in [0, 0.05) is 68.7 Å². The largest absolute Gasteiger partial charge is 0.367 e. The van der Waals surface area contributed by atoms with Crippen molar-refractivity contribution in [2.24, 2.45) is 0 Å². The zero-order valence-electron chi connectivity index (χ0n) is 20.4. The zero-order valence-corrected chi connectivity index (χ0v) is 21.2. The van der Waals surface area contributed by atoms with Gasteiger partial charge in [0.25, 0.3) is 11.8 Å². The molecule has 1 heterocycles. The first-order valence-corrected chi connectivity index (χ1v) is 12.2. The van der Waals surface area contributed by atoms with Crippen molar-refractivity contribution in [2.45, 2.75) is 13.5 Å². The van der Waals surface area contributed by atoms with E-state index in [2.05, 4.69) is 10.2 Å². The average molecular weight is 505 g/mol. The van der Waals surface area contributed by atoms with Crippen LogP contribution >= 0.6 is 11.6 Å². The molecule has 1 aliphatic rings. The van der Waals surface area contributed by atoms with Gasteiger partial charge in [-0.05, 0) is 48.0 Å². The number of nitrogens with zero attached hydrogens (tertiary/aromatic N) is 3. The van der Waals surface area contributed by atoms with Gasteiger partial charge in [-0.15, -0.1) is 0 Å². The van der Waals surface area contributed by atoms with Crippen LogP contribution in [-0.4, -0.2) is 60.7 Å². The van der Waals surface area contributed by atoms with Gasteiger partial charge in [0.15, 0.2) is 0 Å². The minimum atomic E-state index is -0.201. The summed E-state index contributed by atoms with van der Waals surface area (Å²) in [7, 11) is 1.77. The number of rotatable bonds is 6. The molecule has 7 nitrogen and oxygen atoms in total. The third-order valence-corrected chi connectivity index (χ3v) is 6.41. The van der Waals surface area contributed by atoms with Crippen molar-refractivity contribution in [3.63, 3.8) is 0 Å². The van der Waals surface area contributed by atoms with Crippen LogP contribution in [0.1, 0.15) is 33.2 Å². The van der Waals surface area contributed by atoms with Crippen LogP contribution < -0.4 is 10.2 Å². The van der Waals surface area contributed by atoms with E-state index >= 15 is 0 Å². The summed E-state index contributed by atoms with van der Waals surface area (Å²) < 4.78 is 0. The predicted molar refractivity (Wildman–Crippen MR) is 143 cm³/mol. The first kappa shape index (κ1) is 25.3. The maximum absolute atomic E-state index is 13.5. The van der Waals surface area contributed by atoms with E-state index in [4.69, 9.17) is 11.6 Å². The molecule has 1 N–H and O–H groups in total. The number of piperazine rings is 1. The zero-order chi connectivity index (χ0) is 25.7. The van der Waals surface area contributed by atoms with E-state index in [9.17, 15) is 14.4 Å². The molecule has 4 rings (SSSR count). The number of carbonyl (C=O) groups is 3. The number of anilines is 2. The third-order valence-electron chi connectivity index (χ3n) is 6.16. The highest BCUT2D eigenvalue weighted by Gasteiger charge is 2.26. The van der Waals surface area contributed by atoms with Crippen molar-refractivity contribution in [1.29, 1.82) is 0 Å². The van der Waals surface area contributed by atoms with Gasteiger partial charge in [0.1, 0.15) is 0 Å². The minimum Gasteiger partial charge on any atom is -0.367 e. The van der Waals surface area contributed by atoms with Gasteiger partial charge in [-0.1, -0.05) is 41.9 Å². The Morgan fingerprint density at radius 2 is 1.58 bits per heavy atom. The van der Waals surface area contributed by atoms with Crippen molar-refractivity contribution < 1.29 is 14.4 Å². The summed E-state index contributed by atoms with van der Waals surface area (Å²) in [4.78, 5) is 43.7. The Morgan fingerprint density at radius 3 is 2.22 bits per heavy atom. The van der Waals surface area contributed by atoms with E-state index in [1.54, 1.807) is 48.3 Å². The van der Waals surface area contributed by atoms with Crippen molar-refractivity contribution in [1.82, 2.24) is 9.80 Å². The summed E-state index contributed by atoms with van der Waals surface area (Å²) in [6.07, 6.45) is 0. The Kier molecular flexibility index (Phi) is 7.90. The predicted octanol–water partition coefficient (Wildman–Crippen LogP) is 4.53. The number of halogens is 1. The van der Waals surface area contributed by atoms with Crippen molar-refractivity contribution in [2.75, 3.05) is 43.4 Å².